The van der Waals surface area contributed by atoms with E-state index in [1.165, 1.54) is 18.2 Å². The lowest BCUT2D eigenvalue weighted by Gasteiger charge is -2.33. The summed E-state index contributed by atoms with van der Waals surface area (Å²) in [6.45, 7) is 0.750. The smallest absolute Gasteiger partial charge is 0.471 e. The monoisotopic (exact) mass is 336 g/mol. The molecule has 0 aliphatic carbocycles. The number of halogens is 3. The van der Waals surface area contributed by atoms with Crippen molar-refractivity contribution in [1.29, 1.82) is 0 Å². The number of nitrogens with one attached hydrogen (secondary N) is 1. The summed E-state index contributed by atoms with van der Waals surface area (Å²) >= 11 is 0. The summed E-state index contributed by atoms with van der Waals surface area (Å²) in [4.78, 5) is 0. The van der Waals surface area contributed by atoms with Gasteiger partial charge in [-0.1, -0.05) is 36.4 Å². The van der Waals surface area contributed by atoms with Crippen LogP contribution in [0.15, 0.2) is 48.5 Å². The van der Waals surface area contributed by atoms with Gasteiger partial charge in [0.1, 0.15) is 0 Å². The van der Waals surface area contributed by atoms with E-state index in [4.69, 9.17) is 4.74 Å². The molecule has 1 aliphatic heterocycles. The molecule has 2 unspecified atom stereocenters. The average molecular weight is 336 g/mol. The Hall–Kier alpha value is -2.21. The van der Waals surface area contributed by atoms with Crippen molar-refractivity contribution in [2.24, 2.45) is 0 Å². The predicted molar refractivity (Wildman–Crippen MR) is 82.8 cm³/mol. The highest BCUT2D eigenvalue weighted by atomic mass is 19.4. The summed E-state index contributed by atoms with van der Waals surface area (Å²) in [5.41, 5.74) is 1.05. The van der Waals surface area contributed by atoms with Gasteiger partial charge in [0.05, 0.1) is 0 Å². The van der Waals surface area contributed by atoms with Crippen molar-refractivity contribution in [3.8, 4) is 11.5 Å². The number of piperidine rings is 1. The summed E-state index contributed by atoms with van der Waals surface area (Å²) in [6, 6.07) is 16.4. The van der Waals surface area contributed by atoms with Gasteiger partial charge in [0.15, 0.2) is 17.7 Å². The lowest BCUT2D eigenvalue weighted by atomic mass is 9.90. The molecule has 1 saturated heterocycles. The second kappa shape index (κ2) is 7.13. The molecule has 1 aliphatic rings. The highest BCUT2D eigenvalue weighted by molar-refractivity contribution is 5.40. The Balaban J connectivity index is 1.81. The van der Waals surface area contributed by atoms with Crippen LogP contribution in [0.1, 0.15) is 24.3 Å². The van der Waals surface area contributed by atoms with E-state index in [1.807, 2.05) is 24.3 Å². The molecule has 1 heterocycles. The molecule has 0 saturated carbocycles. The zero-order chi connectivity index (χ0) is 17.0. The van der Waals surface area contributed by atoms with Crippen molar-refractivity contribution < 1.29 is 22.6 Å². The SMILES string of the molecule is FC(F)(F)Oc1ccccc1OC1NCCCC1c1c[c]ccc1. The first-order chi connectivity index (χ1) is 11.5. The van der Waals surface area contributed by atoms with Crippen LogP contribution in [-0.4, -0.2) is 19.1 Å². The van der Waals surface area contributed by atoms with E-state index in [2.05, 4.69) is 16.1 Å². The third kappa shape index (κ3) is 4.20. The summed E-state index contributed by atoms with van der Waals surface area (Å²) in [7, 11) is 0. The molecule has 1 fully saturated rings. The van der Waals surface area contributed by atoms with Gasteiger partial charge in [0.2, 0.25) is 0 Å². The topological polar surface area (TPSA) is 30.5 Å². The molecular formula is C18H17F3NO2. The molecule has 1 N–H and O–H groups in total. The number of rotatable bonds is 4. The van der Waals surface area contributed by atoms with Crippen molar-refractivity contribution >= 4 is 0 Å². The van der Waals surface area contributed by atoms with E-state index in [0.717, 1.165) is 24.9 Å². The van der Waals surface area contributed by atoms with Crippen LogP contribution < -0.4 is 14.8 Å². The molecule has 1 radical (unpaired) electrons. The van der Waals surface area contributed by atoms with Crippen molar-refractivity contribution in [2.75, 3.05) is 6.54 Å². The predicted octanol–water partition coefficient (Wildman–Crippen LogP) is 4.26. The largest absolute Gasteiger partial charge is 0.573 e. The third-order valence-corrected chi connectivity index (χ3v) is 3.89. The normalized spacial score (nSPS) is 21.3. The highest BCUT2D eigenvalue weighted by Crippen LogP contribution is 2.35. The van der Waals surface area contributed by atoms with Crippen LogP contribution in [0.4, 0.5) is 13.2 Å². The lowest BCUT2D eigenvalue weighted by Crippen LogP contribution is -2.44. The molecular weight excluding hydrogens is 319 g/mol. The van der Waals surface area contributed by atoms with Gasteiger partial charge in [-0.2, -0.15) is 0 Å². The van der Waals surface area contributed by atoms with E-state index >= 15 is 0 Å². The minimum absolute atomic E-state index is 0.0372. The molecule has 0 bridgehead atoms. The van der Waals surface area contributed by atoms with Gasteiger partial charge in [-0.05, 0) is 43.1 Å². The molecule has 0 amide bonds. The number of para-hydroxylation sites is 2. The van der Waals surface area contributed by atoms with Gasteiger partial charge >= 0.3 is 6.36 Å². The van der Waals surface area contributed by atoms with E-state index in [9.17, 15) is 13.2 Å². The van der Waals surface area contributed by atoms with Crippen LogP contribution in [0.5, 0.6) is 11.5 Å². The fourth-order valence-electron chi connectivity index (χ4n) is 2.86. The Morgan fingerprint density at radius 1 is 1.08 bits per heavy atom. The Morgan fingerprint density at radius 3 is 2.58 bits per heavy atom. The first-order valence-corrected chi connectivity index (χ1v) is 7.74. The molecule has 127 valence electrons. The standard InChI is InChI=1S/C18H17F3NO2/c19-18(20,21)24-16-11-5-4-10-15(16)23-17-14(9-6-12-22-17)13-7-2-1-3-8-13/h1-2,4-5,7-8,10-11,14,17,22H,6,9,12H2. The highest BCUT2D eigenvalue weighted by Gasteiger charge is 2.34. The first-order valence-electron chi connectivity index (χ1n) is 7.74. The van der Waals surface area contributed by atoms with Gasteiger partial charge in [-0.15, -0.1) is 13.2 Å². The minimum atomic E-state index is -4.76. The first kappa shape index (κ1) is 16.6. The van der Waals surface area contributed by atoms with Crippen LogP contribution in [0, 0.1) is 6.07 Å². The maximum absolute atomic E-state index is 12.5. The van der Waals surface area contributed by atoms with E-state index in [0.29, 0.717) is 0 Å². The maximum Gasteiger partial charge on any atom is 0.573 e. The van der Waals surface area contributed by atoms with Gasteiger partial charge < -0.3 is 9.47 Å². The van der Waals surface area contributed by atoms with E-state index in [-0.39, 0.29) is 17.4 Å². The molecule has 0 spiro atoms. The van der Waals surface area contributed by atoms with Crippen LogP contribution in [0.25, 0.3) is 0 Å². The molecule has 0 aromatic heterocycles. The fraction of sp³-hybridized carbons (Fsp3) is 0.333. The van der Waals surface area contributed by atoms with Crippen LogP contribution in [0.2, 0.25) is 0 Å². The molecule has 2 aromatic carbocycles. The number of benzene rings is 2. The van der Waals surface area contributed by atoms with E-state index < -0.39 is 12.6 Å². The second-order valence-corrected chi connectivity index (χ2v) is 5.57. The van der Waals surface area contributed by atoms with Gasteiger partial charge in [0.25, 0.3) is 0 Å². The zero-order valence-corrected chi connectivity index (χ0v) is 12.8. The molecule has 24 heavy (non-hydrogen) atoms. The number of alkyl halides is 3. The maximum atomic E-state index is 12.5. The second-order valence-electron chi connectivity index (χ2n) is 5.57. The lowest BCUT2D eigenvalue weighted by molar-refractivity contribution is -0.275. The number of hydrogen-bond donors (Lipinski definition) is 1. The van der Waals surface area contributed by atoms with Crippen LogP contribution in [-0.2, 0) is 0 Å². The summed E-state index contributed by atoms with van der Waals surface area (Å²) in [5.74, 6) is -0.231. The average Bonchev–Trinajstić information content (AvgIpc) is 2.57. The Kier molecular flexibility index (Phi) is 4.94. The van der Waals surface area contributed by atoms with Gasteiger partial charge in [-0.3, -0.25) is 5.32 Å². The van der Waals surface area contributed by atoms with Crippen LogP contribution in [0.3, 0.4) is 0 Å². The molecule has 6 heteroatoms. The van der Waals surface area contributed by atoms with Crippen molar-refractivity contribution in [3.05, 3.63) is 60.2 Å². The van der Waals surface area contributed by atoms with Crippen LogP contribution >= 0.6 is 0 Å². The van der Waals surface area contributed by atoms with Crippen molar-refractivity contribution in [2.45, 2.75) is 31.3 Å². The quantitative estimate of drug-likeness (QED) is 0.905. The molecule has 2 aromatic rings. The zero-order valence-electron chi connectivity index (χ0n) is 12.8. The van der Waals surface area contributed by atoms with Crippen molar-refractivity contribution in [3.63, 3.8) is 0 Å². The summed E-state index contributed by atoms with van der Waals surface area (Å²) < 4.78 is 47.5. The number of hydrogen-bond acceptors (Lipinski definition) is 3. The fourth-order valence-corrected chi connectivity index (χ4v) is 2.86. The number of ether oxygens (including phenoxy) is 2. The van der Waals surface area contributed by atoms with Crippen molar-refractivity contribution in [1.82, 2.24) is 5.32 Å². The third-order valence-electron chi connectivity index (χ3n) is 3.89. The van der Waals surface area contributed by atoms with Gasteiger partial charge in [-0.25, -0.2) is 0 Å². The van der Waals surface area contributed by atoms with E-state index in [1.54, 1.807) is 6.07 Å². The Morgan fingerprint density at radius 2 is 1.88 bits per heavy atom. The summed E-state index contributed by atoms with van der Waals surface area (Å²) in [5, 5.41) is 3.23. The molecule has 2 atom stereocenters. The molecule has 3 rings (SSSR count). The Bertz CT molecular complexity index is 661. The molecule has 3 nitrogen and oxygen atoms in total. The minimum Gasteiger partial charge on any atom is -0.471 e. The van der Waals surface area contributed by atoms with Gasteiger partial charge in [0, 0.05) is 5.92 Å². The summed E-state index contributed by atoms with van der Waals surface area (Å²) in [6.07, 6.45) is -3.32. The Labute approximate surface area is 138 Å².